The molecule has 5 rings (SSSR count). The molecule has 3 atom stereocenters. The van der Waals surface area contributed by atoms with Gasteiger partial charge < -0.3 is 15.4 Å². The maximum absolute atomic E-state index is 14.1. The second-order valence-electron chi connectivity index (χ2n) is 9.17. The minimum absolute atomic E-state index is 0.169. The van der Waals surface area contributed by atoms with Crippen LogP contribution in [0.3, 0.4) is 0 Å². The molecule has 172 valence electrons. The van der Waals surface area contributed by atoms with Gasteiger partial charge in [0.25, 0.3) is 0 Å². The number of nitrogens with two attached hydrogens (primary N) is 1. The van der Waals surface area contributed by atoms with Crippen LogP contribution < -0.4 is 10.6 Å². The van der Waals surface area contributed by atoms with Crippen molar-refractivity contribution >= 4 is 33.0 Å². The number of rotatable bonds is 4. The fourth-order valence-electron chi connectivity index (χ4n) is 4.57. The molecule has 1 unspecified atom stereocenters. The van der Waals surface area contributed by atoms with Crippen LogP contribution in [0.4, 0.5) is 11.6 Å². The van der Waals surface area contributed by atoms with Crippen LogP contribution in [0.15, 0.2) is 22.6 Å². The highest BCUT2D eigenvalue weighted by Crippen LogP contribution is 2.45. The summed E-state index contributed by atoms with van der Waals surface area (Å²) in [5.41, 5.74) is 7.42. The fraction of sp³-hybridized carbons (Fsp3) is 0.591. The highest BCUT2D eigenvalue weighted by Gasteiger charge is 2.46. The summed E-state index contributed by atoms with van der Waals surface area (Å²) >= 11 is 6.18. The lowest BCUT2D eigenvalue weighted by atomic mass is 10.0. The number of morpholine rings is 1. The molecule has 32 heavy (non-hydrogen) atoms. The third kappa shape index (κ3) is 3.95. The number of nitrogens with zero attached hydrogens (tertiary/aromatic N) is 5. The maximum Gasteiger partial charge on any atom is 0.162 e. The summed E-state index contributed by atoms with van der Waals surface area (Å²) in [4.78, 5) is 16.1. The summed E-state index contributed by atoms with van der Waals surface area (Å²) in [6.45, 7) is 6.17. The zero-order chi connectivity index (χ0) is 22.5. The molecular weight excluding hydrogens is 448 g/mol. The van der Waals surface area contributed by atoms with Crippen LogP contribution >= 0.6 is 11.6 Å². The number of aromatic nitrogens is 3. The van der Waals surface area contributed by atoms with Crippen LogP contribution in [0.1, 0.15) is 45.2 Å². The van der Waals surface area contributed by atoms with Crippen LogP contribution in [0, 0.1) is 0 Å². The van der Waals surface area contributed by atoms with E-state index < -0.39 is 14.5 Å². The molecule has 1 saturated carbocycles. The van der Waals surface area contributed by atoms with E-state index in [1.165, 1.54) is 0 Å². The van der Waals surface area contributed by atoms with E-state index in [0.29, 0.717) is 36.2 Å². The summed E-state index contributed by atoms with van der Waals surface area (Å²) in [5.74, 6) is 2.24. The van der Waals surface area contributed by atoms with Crippen molar-refractivity contribution < 1.29 is 8.95 Å². The Morgan fingerprint density at radius 3 is 2.81 bits per heavy atom. The lowest BCUT2D eigenvalue weighted by Gasteiger charge is -2.35. The summed E-state index contributed by atoms with van der Waals surface area (Å²) in [6, 6.07) is 5.85. The zero-order valence-corrected chi connectivity index (χ0v) is 20.0. The molecule has 0 aromatic carbocycles. The Bertz CT molecular complexity index is 1140. The Morgan fingerprint density at radius 1 is 1.28 bits per heavy atom. The Morgan fingerprint density at radius 2 is 2.09 bits per heavy atom. The topological polar surface area (TPSA) is 107 Å². The number of hydrogen-bond acceptors (Lipinski definition) is 8. The molecule has 3 fully saturated rings. The van der Waals surface area contributed by atoms with Gasteiger partial charge in [0.1, 0.15) is 16.8 Å². The second kappa shape index (κ2) is 8.11. The Hall–Kier alpha value is -1.97. The minimum atomic E-state index is -2.43. The second-order valence-corrected chi connectivity index (χ2v) is 12.4. The third-order valence-corrected chi connectivity index (χ3v) is 10.1. The predicted molar refractivity (Wildman–Crippen MR) is 127 cm³/mol. The normalized spacial score (nSPS) is 30.5. The summed E-state index contributed by atoms with van der Waals surface area (Å²) < 4.78 is 23.9. The van der Waals surface area contributed by atoms with Gasteiger partial charge in [-0.3, -0.25) is 0 Å². The first kappa shape index (κ1) is 21.9. The Labute approximate surface area is 194 Å². The number of pyridine rings is 1. The van der Waals surface area contributed by atoms with Crippen molar-refractivity contribution in [3.63, 3.8) is 0 Å². The van der Waals surface area contributed by atoms with Gasteiger partial charge in [0.2, 0.25) is 0 Å². The van der Waals surface area contributed by atoms with Crippen molar-refractivity contribution in [2.24, 2.45) is 4.36 Å². The molecule has 2 aliphatic heterocycles. The van der Waals surface area contributed by atoms with Crippen molar-refractivity contribution in [2.45, 2.75) is 56.4 Å². The lowest BCUT2D eigenvalue weighted by molar-refractivity contribution is 0.0985. The van der Waals surface area contributed by atoms with E-state index in [4.69, 9.17) is 36.4 Å². The molecule has 3 aliphatic rings. The molecule has 8 nitrogen and oxygen atoms in total. The van der Waals surface area contributed by atoms with Gasteiger partial charge in [-0.2, -0.15) is 0 Å². The summed E-state index contributed by atoms with van der Waals surface area (Å²) in [7, 11) is -2.43. The molecule has 0 amide bonds. The minimum Gasteiger partial charge on any atom is -0.384 e. The van der Waals surface area contributed by atoms with Gasteiger partial charge in [-0.05, 0) is 51.7 Å². The number of hydrogen-bond donors (Lipinski definition) is 1. The fourth-order valence-corrected chi connectivity index (χ4v) is 7.69. The molecule has 2 aromatic heterocycles. The van der Waals surface area contributed by atoms with Crippen molar-refractivity contribution in [3.8, 4) is 11.4 Å². The first-order valence-corrected chi connectivity index (χ1v) is 13.2. The average Bonchev–Trinajstić information content (AvgIpc) is 3.51. The van der Waals surface area contributed by atoms with E-state index in [2.05, 4.69) is 23.7 Å². The van der Waals surface area contributed by atoms with E-state index in [-0.39, 0.29) is 17.2 Å². The molecule has 1 aliphatic carbocycles. The van der Waals surface area contributed by atoms with Crippen LogP contribution in [-0.2, 0) is 19.2 Å². The molecule has 0 spiro atoms. The molecule has 0 bridgehead atoms. The molecule has 10 heteroatoms. The van der Waals surface area contributed by atoms with E-state index in [1.54, 1.807) is 12.1 Å². The Balaban J connectivity index is 1.68. The number of anilines is 2. The highest BCUT2D eigenvalue weighted by molar-refractivity contribution is 7.94. The molecule has 0 radical (unpaired) electrons. The first-order chi connectivity index (χ1) is 15.3. The quantitative estimate of drug-likeness (QED) is 0.671. The number of halogens is 1. The van der Waals surface area contributed by atoms with Crippen molar-refractivity contribution in [1.29, 1.82) is 0 Å². The predicted octanol–water partition coefficient (Wildman–Crippen LogP) is 3.64. The summed E-state index contributed by atoms with van der Waals surface area (Å²) in [6.07, 6.45) is 3.74. The van der Waals surface area contributed by atoms with Crippen molar-refractivity contribution in [3.05, 3.63) is 29.0 Å². The zero-order valence-electron chi connectivity index (χ0n) is 18.5. The monoisotopic (exact) mass is 476 g/mol. The lowest BCUT2D eigenvalue weighted by Crippen LogP contribution is -2.44. The van der Waals surface area contributed by atoms with E-state index in [9.17, 15) is 4.21 Å². The largest absolute Gasteiger partial charge is 0.384 e. The van der Waals surface area contributed by atoms with Crippen LogP contribution in [0.5, 0.6) is 0 Å². The van der Waals surface area contributed by atoms with Crippen molar-refractivity contribution in [1.82, 2.24) is 15.0 Å². The molecule has 2 aromatic rings. The number of nitrogen functional groups attached to an aromatic ring is 1. The summed E-state index contributed by atoms with van der Waals surface area (Å²) in [5, 5.41) is 0.287. The molecule has 2 N–H and O–H groups in total. The SMILES string of the molecule is C[C@@H]1COCCN1c1cc([C@]2(C)CCCS2(=O)=NC2CC2)nc(-c2cc(N)nc(Cl)c2)n1. The van der Waals surface area contributed by atoms with E-state index >= 15 is 0 Å². The van der Waals surface area contributed by atoms with Crippen LogP contribution in [0.2, 0.25) is 5.15 Å². The standard InChI is InChI=1S/C22H29ClN6O2S/c1-14-13-31-8-7-29(14)20-12-17(22(2)6-3-9-32(22,30)28-16-4-5-16)25-21(27-20)15-10-18(23)26-19(24)11-15/h10-12,14,16H,3-9,13H2,1-2H3,(H2,24,26)/t14-,22+,32?/m1/s1. The van der Waals surface area contributed by atoms with Gasteiger partial charge in [0.15, 0.2) is 5.82 Å². The number of ether oxygens (including phenoxy) is 1. The van der Waals surface area contributed by atoms with E-state index in [1.807, 2.05) is 6.07 Å². The van der Waals surface area contributed by atoms with Crippen molar-refractivity contribution in [2.75, 3.05) is 36.1 Å². The van der Waals surface area contributed by atoms with Gasteiger partial charge in [0, 0.05) is 23.9 Å². The van der Waals surface area contributed by atoms with Crippen LogP contribution in [0.25, 0.3) is 11.4 Å². The van der Waals surface area contributed by atoms with Gasteiger partial charge >= 0.3 is 0 Å². The average molecular weight is 477 g/mol. The molecule has 2 saturated heterocycles. The van der Waals surface area contributed by atoms with Gasteiger partial charge in [-0.1, -0.05) is 11.6 Å². The van der Waals surface area contributed by atoms with Gasteiger partial charge in [-0.15, -0.1) is 0 Å². The van der Waals surface area contributed by atoms with Gasteiger partial charge in [-0.25, -0.2) is 23.5 Å². The van der Waals surface area contributed by atoms with Gasteiger partial charge in [0.05, 0.1) is 45.5 Å². The first-order valence-electron chi connectivity index (χ1n) is 11.2. The molecule has 4 heterocycles. The maximum atomic E-state index is 14.1. The third-order valence-electron chi connectivity index (χ3n) is 6.63. The van der Waals surface area contributed by atoms with Crippen LogP contribution in [-0.4, -0.2) is 56.8 Å². The highest BCUT2D eigenvalue weighted by atomic mass is 35.5. The Kier molecular flexibility index (Phi) is 5.54. The molecular formula is C22H29ClN6O2S. The smallest absolute Gasteiger partial charge is 0.162 e. The van der Waals surface area contributed by atoms with E-state index in [0.717, 1.165) is 43.7 Å².